The molecule has 22 heavy (non-hydrogen) atoms. The highest BCUT2D eigenvalue weighted by Crippen LogP contribution is 2.22. The Balaban J connectivity index is 2.02. The quantitative estimate of drug-likeness (QED) is 0.494. The van der Waals surface area contributed by atoms with Gasteiger partial charge in [-0.1, -0.05) is 15.9 Å². The molecule has 0 spiro atoms. The van der Waals surface area contributed by atoms with E-state index >= 15 is 0 Å². The molecule has 0 aromatic heterocycles. The summed E-state index contributed by atoms with van der Waals surface area (Å²) in [6.45, 7) is 0. The minimum atomic E-state index is -0.567. The van der Waals surface area contributed by atoms with Gasteiger partial charge in [0, 0.05) is 16.6 Å². The Morgan fingerprint density at radius 1 is 1.27 bits per heavy atom. The number of benzene rings is 2. The molecule has 0 bridgehead atoms. The third kappa shape index (κ3) is 3.89. The molecular formula is C14H10BrN3O4. The molecule has 8 heteroatoms. The Morgan fingerprint density at radius 2 is 1.95 bits per heavy atom. The minimum absolute atomic E-state index is 0.0269. The van der Waals surface area contributed by atoms with Crippen molar-refractivity contribution in [3.63, 3.8) is 0 Å². The number of carbonyl (C=O) groups excluding carboxylic acids is 1. The zero-order valence-electron chi connectivity index (χ0n) is 11.1. The topological polar surface area (TPSA) is 105 Å². The third-order valence-corrected chi connectivity index (χ3v) is 3.18. The molecule has 0 fully saturated rings. The first-order valence-electron chi connectivity index (χ1n) is 6.04. The smallest absolute Gasteiger partial charge is 0.275 e. The van der Waals surface area contributed by atoms with E-state index in [4.69, 9.17) is 0 Å². The molecule has 2 rings (SSSR count). The van der Waals surface area contributed by atoms with Crippen molar-refractivity contribution in [1.29, 1.82) is 0 Å². The van der Waals surface area contributed by atoms with Crippen molar-refractivity contribution in [2.45, 2.75) is 0 Å². The van der Waals surface area contributed by atoms with Gasteiger partial charge < -0.3 is 5.11 Å². The number of hydrogen-bond donors (Lipinski definition) is 2. The number of phenols is 1. The highest BCUT2D eigenvalue weighted by atomic mass is 79.9. The van der Waals surface area contributed by atoms with Crippen LogP contribution < -0.4 is 5.43 Å². The summed E-state index contributed by atoms with van der Waals surface area (Å²) < 4.78 is 0.649. The monoisotopic (exact) mass is 363 g/mol. The van der Waals surface area contributed by atoms with Crippen LogP contribution >= 0.6 is 15.9 Å². The number of rotatable bonds is 4. The Bertz CT molecular complexity index is 744. The van der Waals surface area contributed by atoms with Crippen molar-refractivity contribution in [3.8, 4) is 5.75 Å². The molecule has 112 valence electrons. The van der Waals surface area contributed by atoms with Crippen molar-refractivity contribution in [1.82, 2.24) is 5.43 Å². The molecule has 0 saturated heterocycles. The number of nitro benzene ring substituents is 1. The van der Waals surface area contributed by atoms with E-state index in [9.17, 15) is 20.0 Å². The van der Waals surface area contributed by atoms with E-state index in [0.717, 1.165) is 0 Å². The molecule has 0 atom stereocenters. The summed E-state index contributed by atoms with van der Waals surface area (Å²) in [5, 5.41) is 23.9. The van der Waals surface area contributed by atoms with Gasteiger partial charge in [-0.25, -0.2) is 5.43 Å². The number of non-ortho nitro benzene ring substituents is 1. The van der Waals surface area contributed by atoms with E-state index in [2.05, 4.69) is 26.5 Å². The average Bonchev–Trinajstić information content (AvgIpc) is 2.47. The fraction of sp³-hybridized carbons (Fsp3) is 0. The molecule has 0 aliphatic heterocycles. The van der Waals surface area contributed by atoms with Crippen molar-refractivity contribution >= 4 is 33.7 Å². The van der Waals surface area contributed by atoms with Crippen LogP contribution in [0.25, 0.3) is 0 Å². The van der Waals surface area contributed by atoms with Crippen LogP contribution in [-0.4, -0.2) is 22.2 Å². The summed E-state index contributed by atoms with van der Waals surface area (Å²) in [6, 6.07) is 10.2. The summed E-state index contributed by atoms with van der Waals surface area (Å²) in [7, 11) is 0. The van der Waals surface area contributed by atoms with Crippen LogP contribution in [0.2, 0.25) is 0 Å². The molecular weight excluding hydrogens is 354 g/mol. The Labute approximate surface area is 133 Å². The van der Waals surface area contributed by atoms with E-state index in [-0.39, 0.29) is 17.0 Å². The second-order valence-corrected chi connectivity index (χ2v) is 5.12. The predicted octanol–water partition coefficient (Wildman–Crippen LogP) is 2.83. The first-order valence-corrected chi connectivity index (χ1v) is 6.83. The number of hydrogen-bond acceptors (Lipinski definition) is 5. The van der Waals surface area contributed by atoms with Gasteiger partial charge in [0.15, 0.2) is 0 Å². The molecule has 0 saturated carbocycles. The van der Waals surface area contributed by atoms with Crippen LogP contribution in [-0.2, 0) is 0 Å². The zero-order chi connectivity index (χ0) is 16.1. The number of phenolic OH excluding ortho intramolecular Hbond substituents is 1. The highest BCUT2D eigenvalue weighted by Gasteiger charge is 2.10. The van der Waals surface area contributed by atoms with Crippen molar-refractivity contribution in [3.05, 3.63) is 68.2 Å². The summed E-state index contributed by atoms with van der Waals surface area (Å²) in [5.74, 6) is -0.736. The normalized spacial score (nSPS) is 10.6. The van der Waals surface area contributed by atoms with Gasteiger partial charge in [-0.3, -0.25) is 14.9 Å². The fourth-order valence-electron chi connectivity index (χ4n) is 1.60. The number of hydrazone groups is 1. The molecule has 0 aliphatic rings. The van der Waals surface area contributed by atoms with Crippen LogP contribution in [0.1, 0.15) is 15.9 Å². The van der Waals surface area contributed by atoms with Crippen molar-refractivity contribution < 1.29 is 14.8 Å². The van der Waals surface area contributed by atoms with Gasteiger partial charge in [-0.15, -0.1) is 0 Å². The lowest BCUT2D eigenvalue weighted by molar-refractivity contribution is -0.384. The zero-order valence-corrected chi connectivity index (χ0v) is 12.6. The van der Waals surface area contributed by atoms with E-state index in [1.165, 1.54) is 42.6 Å². The molecule has 2 aromatic rings. The lowest BCUT2D eigenvalue weighted by Crippen LogP contribution is -2.17. The Hall–Kier alpha value is -2.74. The number of carbonyl (C=O) groups is 1. The minimum Gasteiger partial charge on any atom is -0.507 e. The molecule has 2 aromatic carbocycles. The van der Waals surface area contributed by atoms with E-state index < -0.39 is 10.8 Å². The number of nitro groups is 1. The van der Waals surface area contributed by atoms with Crippen LogP contribution in [0.3, 0.4) is 0 Å². The van der Waals surface area contributed by atoms with E-state index in [0.29, 0.717) is 10.0 Å². The number of halogens is 1. The standard InChI is InChI=1S/C14H10BrN3O4/c15-10-3-6-12(13(19)7-10)14(20)17-16-8-9-1-4-11(5-2-9)18(21)22/h1-8,19H,(H,17,20). The van der Waals surface area contributed by atoms with Crippen LogP contribution in [0.5, 0.6) is 5.75 Å². The van der Waals surface area contributed by atoms with Crippen molar-refractivity contribution in [2.75, 3.05) is 0 Å². The molecule has 7 nitrogen and oxygen atoms in total. The summed E-state index contributed by atoms with van der Waals surface area (Å²) in [6.07, 6.45) is 1.34. The maximum Gasteiger partial charge on any atom is 0.275 e. The molecule has 2 N–H and O–H groups in total. The van der Waals surface area contributed by atoms with Gasteiger partial charge >= 0.3 is 0 Å². The van der Waals surface area contributed by atoms with Crippen LogP contribution in [0.15, 0.2) is 52.0 Å². The number of aromatic hydroxyl groups is 1. The van der Waals surface area contributed by atoms with Gasteiger partial charge in [-0.2, -0.15) is 5.10 Å². The molecule has 0 radical (unpaired) electrons. The number of nitrogens with one attached hydrogen (secondary N) is 1. The van der Waals surface area contributed by atoms with Crippen molar-refractivity contribution in [2.24, 2.45) is 5.10 Å². The highest BCUT2D eigenvalue weighted by molar-refractivity contribution is 9.10. The first-order chi connectivity index (χ1) is 10.5. The SMILES string of the molecule is O=C(NN=Cc1ccc([N+](=O)[O-])cc1)c1ccc(Br)cc1O. The largest absolute Gasteiger partial charge is 0.507 e. The van der Waals surface area contributed by atoms with Gasteiger partial charge in [0.1, 0.15) is 5.75 Å². The Kier molecular flexibility index (Phi) is 4.84. The van der Waals surface area contributed by atoms with Crippen LogP contribution in [0.4, 0.5) is 5.69 Å². The average molecular weight is 364 g/mol. The van der Waals surface area contributed by atoms with Gasteiger partial charge in [0.05, 0.1) is 16.7 Å². The summed E-state index contributed by atoms with van der Waals surface area (Å²) in [4.78, 5) is 21.8. The molecule has 1 amide bonds. The number of nitrogens with zero attached hydrogens (tertiary/aromatic N) is 2. The lowest BCUT2D eigenvalue weighted by Gasteiger charge is -2.03. The number of amides is 1. The predicted molar refractivity (Wildman–Crippen MR) is 84.0 cm³/mol. The second kappa shape index (κ2) is 6.81. The third-order valence-electron chi connectivity index (χ3n) is 2.69. The van der Waals surface area contributed by atoms with Gasteiger partial charge in [0.2, 0.25) is 0 Å². The summed E-state index contributed by atoms with van der Waals surface area (Å²) >= 11 is 3.18. The maximum absolute atomic E-state index is 11.8. The maximum atomic E-state index is 11.8. The molecule has 0 heterocycles. The van der Waals surface area contributed by atoms with Gasteiger partial charge in [-0.05, 0) is 35.9 Å². The Morgan fingerprint density at radius 3 is 2.55 bits per heavy atom. The van der Waals surface area contributed by atoms with Gasteiger partial charge in [0.25, 0.3) is 11.6 Å². The summed E-state index contributed by atoms with van der Waals surface area (Å²) in [5.41, 5.74) is 2.92. The molecule has 0 unspecified atom stereocenters. The molecule has 0 aliphatic carbocycles. The fourth-order valence-corrected chi connectivity index (χ4v) is 1.95. The lowest BCUT2D eigenvalue weighted by atomic mass is 10.2. The van der Waals surface area contributed by atoms with E-state index in [1.54, 1.807) is 6.07 Å². The second-order valence-electron chi connectivity index (χ2n) is 4.21. The van der Waals surface area contributed by atoms with Crippen LogP contribution in [0, 0.1) is 10.1 Å². The first kappa shape index (κ1) is 15.6. The van der Waals surface area contributed by atoms with E-state index in [1.807, 2.05) is 0 Å².